The Morgan fingerprint density at radius 1 is 1.16 bits per heavy atom. The molecule has 1 aliphatic rings. The summed E-state index contributed by atoms with van der Waals surface area (Å²) >= 11 is 0. The van der Waals surface area contributed by atoms with Crippen molar-refractivity contribution in [2.24, 2.45) is 5.73 Å². The Morgan fingerprint density at radius 2 is 1.94 bits per heavy atom. The van der Waals surface area contributed by atoms with E-state index in [1.807, 2.05) is 17.7 Å². The van der Waals surface area contributed by atoms with Gasteiger partial charge in [-0.15, -0.1) is 0 Å². The quantitative estimate of drug-likeness (QED) is 0.674. The summed E-state index contributed by atoms with van der Waals surface area (Å²) in [5.41, 5.74) is 6.73. The lowest BCUT2D eigenvalue weighted by Crippen LogP contribution is -2.11. The number of carbonyl (C=O) groups excluding carboxylic acids is 1. The molecular weight excluding hydrogens is 411 g/mol. The fourth-order valence-electron chi connectivity index (χ4n) is 3.09. The Kier molecular flexibility index (Phi) is 6.88. The molecule has 0 radical (unpaired) electrons. The standard InChI is InChI=1S/C13H12F3N3.C8H10N2O2/c14-13(15,16)12-7-9(4-5-17-12)11-8-10-3-1-2-6-19(10)18-11;1-2-12-7-5-6(8(9)11)3-4-10-7/h4-5,7-8H,1-3,6H2;3-5H,2H2,1H3,(H2,9,11). The van der Waals surface area contributed by atoms with Crippen LogP contribution in [0.4, 0.5) is 13.2 Å². The van der Waals surface area contributed by atoms with E-state index in [4.69, 9.17) is 10.5 Å². The number of hydrogen-bond acceptors (Lipinski definition) is 5. The highest BCUT2D eigenvalue weighted by atomic mass is 19.4. The molecule has 4 rings (SSSR count). The molecule has 0 unspecified atom stereocenters. The Bertz CT molecular complexity index is 1030. The maximum absolute atomic E-state index is 12.6. The highest BCUT2D eigenvalue weighted by Gasteiger charge is 2.32. The summed E-state index contributed by atoms with van der Waals surface area (Å²) in [6.45, 7) is 3.21. The van der Waals surface area contributed by atoms with Gasteiger partial charge >= 0.3 is 6.18 Å². The van der Waals surface area contributed by atoms with E-state index in [9.17, 15) is 18.0 Å². The molecule has 4 heterocycles. The van der Waals surface area contributed by atoms with E-state index in [1.54, 1.807) is 12.1 Å². The monoisotopic (exact) mass is 433 g/mol. The molecule has 31 heavy (non-hydrogen) atoms. The van der Waals surface area contributed by atoms with Crippen molar-refractivity contribution in [1.82, 2.24) is 19.7 Å². The van der Waals surface area contributed by atoms with E-state index in [2.05, 4.69) is 15.1 Å². The number of pyridine rings is 2. The third-order valence-electron chi connectivity index (χ3n) is 4.57. The maximum Gasteiger partial charge on any atom is 0.433 e. The summed E-state index contributed by atoms with van der Waals surface area (Å²) in [6, 6.07) is 7.54. The van der Waals surface area contributed by atoms with Crippen molar-refractivity contribution in [1.29, 1.82) is 0 Å². The minimum atomic E-state index is -4.42. The zero-order chi connectivity index (χ0) is 22.4. The third-order valence-corrected chi connectivity index (χ3v) is 4.57. The molecule has 3 aromatic heterocycles. The molecule has 0 atom stereocenters. The molecule has 3 aromatic rings. The number of alkyl halides is 3. The Labute approximate surface area is 177 Å². The number of hydrogen-bond donors (Lipinski definition) is 1. The zero-order valence-electron chi connectivity index (χ0n) is 16.9. The number of fused-ring (bicyclic) bond motifs is 1. The normalized spacial score (nSPS) is 13.0. The van der Waals surface area contributed by atoms with E-state index >= 15 is 0 Å². The van der Waals surface area contributed by atoms with Gasteiger partial charge < -0.3 is 10.5 Å². The number of aromatic nitrogens is 4. The predicted molar refractivity (Wildman–Crippen MR) is 107 cm³/mol. The molecule has 10 heteroatoms. The van der Waals surface area contributed by atoms with Gasteiger partial charge in [0.1, 0.15) is 5.69 Å². The van der Waals surface area contributed by atoms with Gasteiger partial charge in [0, 0.05) is 41.8 Å². The number of halogens is 3. The van der Waals surface area contributed by atoms with Gasteiger partial charge in [-0.3, -0.25) is 14.5 Å². The highest BCUT2D eigenvalue weighted by Crippen LogP contribution is 2.30. The van der Waals surface area contributed by atoms with Crippen LogP contribution in [0.3, 0.4) is 0 Å². The maximum atomic E-state index is 12.6. The Hall–Kier alpha value is -3.43. The van der Waals surface area contributed by atoms with Crippen LogP contribution in [0.25, 0.3) is 11.3 Å². The lowest BCUT2D eigenvalue weighted by atomic mass is 10.1. The van der Waals surface area contributed by atoms with Gasteiger partial charge in [-0.05, 0) is 50.5 Å². The van der Waals surface area contributed by atoms with Crippen LogP contribution >= 0.6 is 0 Å². The highest BCUT2D eigenvalue weighted by molar-refractivity contribution is 5.92. The fraction of sp³-hybridized carbons (Fsp3) is 0.333. The van der Waals surface area contributed by atoms with Crippen molar-refractivity contribution in [3.63, 3.8) is 0 Å². The smallest absolute Gasteiger partial charge is 0.433 e. The zero-order valence-corrected chi connectivity index (χ0v) is 16.9. The second-order valence-electron chi connectivity index (χ2n) is 6.81. The summed E-state index contributed by atoms with van der Waals surface area (Å²) in [7, 11) is 0. The van der Waals surface area contributed by atoms with E-state index in [1.165, 1.54) is 18.5 Å². The van der Waals surface area contributed by atoms with Crippen LogP contribution in [0, 0.1) is 0 Å². The molecule has 1 aliphatic heterocycles. The molecular formula is C21H22F3N5O2. The molecule has 0 saturated carbocycles. The summed E-state index contributed by atoms with van der Waals surface area (Å²) in [4.78, 5) is 17.9. The number of nitrogens with two attached hydrogens (primary N) is 1. The van der Waals surface area contributed by atoms with Gasteiger partial charge in [0.15, 0.2) is 0 Å². The predicted octanol–water partition coefficient (Wildman–Crippen LogP) is 3.88. The van der Waals surface area contributed by atoms with Crippen LogP contribution in [0.2, 0.25) is 0 Å². The second-order valence-corrected chi connectivity index (χ2v) is 6.81. The lowest BCUT2D eigenvalue weighted by Gasteiger charge is -2.11. The van der Waals surface area contributed by atoms with Crippen LogP contribution < -0.4 is 10.5 Å². The minimum Gasteiger partial charge on any atom is -0.478 e. The Balaban J connectivity index is 0.000000196. The molecule has 7 nitrogen and oxygen atoms in total. The van der Waals surface area contributed by atoms with Crippen molar-refractivity contribution >= 4 is 5.91 Å². The van der Waals surface area contributed by atoms with Crippen LogP contribution in [-0.4, -0.2) is 32.3 Å². The van der Waals surface area contributed by atoms with Crippen molar-refractivity contribution in [3.8, 4) is 17.1 Å². The number of rotatable bonds is 4. The molecule has 0 spiro atoms. The topological polar surface area (TPSA) is 95.9 Å². The van der Waals surface area contributed by atoms with Crippen LogP contribution in [0.1, 0.15) is 41.5 Å². The minimum absolute atomic E-state index is 0.411. The van der Waals surface area contributed by atoms with Crippen LogP contribution in [-0.2, 0) is 19.1 Å². The first-order valence-corrected chi connectivity index (χ1v) is 9.77. The average molecular weight is 433 g/mol. The first-order valence-electron chi connectivity index (χ1n) is 9.77. The van der Waals surface area contributed by atoms with Gasteiger partial charge in [-0.25, -0.2) is 4.98 Å². The number of aryl methyl sites for hydroxylation is 2. The van der Waals surface area contributed by atoms with E-state index in [0.717, 1.165) is 37.6 Å². The summed E-state index contributed by atoms with van der Waals surface area (Å²) in [6.07, 6.45) is 1.36. The molecule has 1 amide bonds. The third kappa shape index (κ3) is 5.80. The second kappa shape index (κ2) is 9.59. The lowest BCUT2D eigenvalue weighted by molar-refractivity contribution is -0.141. The SMILES string of the molecule is CCOc1cc(C(N)=O)ccn1.FC(F)(F)c1cc(-c2cc3n(n2)CCCC3)ccn1. The van der Waals surface area contributed by atoms with E-state index in [0.29, 0.717) is 29.3 Å². The van der Waals surface area contributed by atoms with Gasteiger partial charge in [0.25, 0.3) is 0 Å². The van der Waals surface area contributed by atoms with Gasteiger partial charge in [0.2, 0.25) is 11.8 Å². The fourth-order valence-corrected chi connectivity index (χ4v) is 3.09. The summed E-state index contributed by atoms with van der Waals surface area (Å²) in [5.74, 6) is -0.0489. The average Bonchev–Trinajstić information content (AvgIpc) is 3.19. The van der Waals surface area contributed by atoms with Crippen LogP contribution in [0.15, 0.2) is 42.7 Å². The molecule has 0 aliphatic carbocycles. The number of amides is 1. The number of nitrogens with zero attached hydrogens (tertiary/aromatic N) is 4. The largest absolute Gasteiger partial charge is 0.478 e. The number of primary amides is 1. The molecule has 0 bridgehead atoms. The summed E-state index contributed by atoms with van der Waals surface area (Å²) < 4.78 is 44.8. The van der Waals surface area contributed by atoms with Crippen LogP contribution in [0.5, 0.6) is 5.88 Å². The molecule has 0 saturated heterocycles. The van der Waals surface area contributed by atoms with Gasteiger partial charge in [0.05, 0.1) is 12.3 Å². The first-order chi connectivity index (χ1) is 14.8. The van der Waals surface area contributed by atoms with Crippen molar-refractivity contribution in [2.45, 2.75) is 38.9 Å². The molecule has 0 aromatic carbocycles. The van der Waals surface area contributed by atoms with Crippen molar-refractivity contribution in [2.75, 3.05) is 6.61 Å². The molecule has 2 N–H and O–H groups in total. The van der Waals surface area contributed by atoms with Crippen molar-refractivity contribution < 1.29 is 22.7 Å². The molecule has 164 valence electrons. The van der Waals surface area contributed by atoms with Gasteiger partial charge in [-0.2, -0.15) is 18.3 Å². The van der Waals surface area contributed by atoms with Crippen molar-refractivity contribution in [3.05, 3.63) is 59.7 Å². The Morgan fingerprint density at radius 3 is 2.61 bits per heavy atom. The van der Waals surface area contributed by atoms with E-state index < -0.39 is 17.8 Å². The van der Waals surface area contributed by atoms with E-state index in [-0.39, 0.29) is 0 Å². The first kappa shape index (κ1) is 22.3. The summed E-state index contributed by atoms with van der Waals surface area (Å²) in [5, 5.41) is 4.37. The number of ether oxygens (including phenoxy) is 1. The van der Waals surface area contributed by atoms with Gasteiger partial charge in [-0.1, -0.05) is 0 Å². The number of carbonyl (C=O) groups is 1. The molecule has 0 fully saturated rings.